The van der Waals surface area contributed by atoms with Gasteiger partial charge in [-0.3, -0.25) is 4.79 Å². The normalized spacial score (nSPS) is 15.1. The van der Waals surface area contributed by atoms with Crippen molar-refractivity contribution in [3.63, 3.8) is 0 Å². The van der Waals surface area contributed by atoms with Crippen LogP contribution in [0.5, 0.6) is 0 Å². The Bertz CT molecular complexity index is 634. The molecule has 0 saturated carbocycles. The van der Waals surface area contributed by atoms with Crippen molar-refractivity contribution >= 4 is 29.8 Å². The van der Waals surface area contributed by atoms with E-state index in [1.165, 1.54) is 0 Å². The quantitative estimate of drug-likeness (QED) is 0.829. The molecule has 0 radical (unpaired) electrons. The van der Waals surface area contributed by atoms with Gasteiger partial charge in [0.1, 0.15) is 0 Å². The molecule has 116 valence electrons. The van der Waals surface area contributed by atoms with Gasteiger partial charge in [0.2, 0.25) is 0 Å². The minimum atomic E-state index is 0. The Hall–Kier alpha value is -1.35. The molecule has 2 aromatic rings. The van der Waals surface area contributed by atoms with E-state index in [0.29, 0.717) is 0 Å². The monoisotopic (exact) mass is 335 g/mol. The minimum absolute atomic E-state index is 0. The zero-order valence-electron chi connectivity index (χ0n) is 12.2. The summed E-state index contributed by atoms with van der Waals surface area (Å²) in [4.78, 5) is 12.5. The van der Waals surface area contributed by atoms with Crippen molar-refractivity contribution in [3.05, 3.63) is 59.1 Å². The number of benzene rings is 2. The van der Waals surface area contributed by atoms with Crippen LogP contribution in [0.25, 0.3) is 11.1 Å². The molecule has 2 aromatic carbocycles. The fourth-order valence-electron chi connectivity index (χ4n) is 2.81. The number of ketones is 1. The molecule has 0 atom stereocenters. The van der Waals surface area contributed by atoms with E-state index >= 15 is 0 Å². The Kier molecular flexibility index (Phi) is 6.01. The van der Waals surface area contributed by atoms with Crippen LogP contribution in [0.2, 0.25) is 5.02 Å². The van der Waals surface area contributed by atoms with Gasteiger partial charge in [0, 0.05) is 16.5 Å². The zero-order chi connectivity index (χ0) is 14.7. The molecule has 4 heteroatoms. The Morgan fingerprint density at radius 1 is 1.00 bits per heavy atom. The van der Waals surface area contributed by atoms with E-state index in [0.717, 1.165) is 47.6 Å². The molecule has 1 aliphatic heterocycles. The van der Waals surface area contributed by atoms with Crippen LogP contribution in [-0.4, -0.2) is 18.9 Å². The average molecular weight is 336 g/mol. The third-order valence-corrected chi connectivity index (χ3v) is 4.27. The molecule has 0 amide bonds. The maximum atomic E-state index is 12.5. The van der Waals surface area contributed by atoms with Gasteiger partial charge in [0.25, 0.3) is 0 Å². The van der Waals surface area contributed by atoms with E-state index in [4.69, 9.17) is 11.6 Å². The van der Waals surface area contributed by atoms with Crippen LogP contribution in [-0.2, 0) is 0 Å². The van der Waals surface area contributed by atoms with Crippen molar-refractivity contribution in [2.24, 2.45) is 5.92 Å². The number of rotatable bonds is 3. The van der Waals surface area contributed by atoms with Crippen LogP contribution < -0.4 is 5.32 Å². The number of Topliss-reactive ketones (excluding diaryl/α,β-unsaturated/α-hetero) is 1. The van der Waals surface area contributed by atoms with E-state index in [2.05, 4.69) is 5.32 Å². The van der Waals surface area contributed by atoms with Crippen molar-refractivity contribution in [2.45, 2.75) is 12.8 Å². The third kappa shape index (κ3) is 3.89. The number of piperidine rings is 1. The Morgan fingerprint density at radius 2 is 1.68 bits per heavy atom. The highest BCUT2D eigenvalue weighted by Crippen LogP contribution is 2.24. The standard InChI is InChI=1S/C18H18ClNO.ClH/c19-17-3-1-2-16(12-17)13-4-6-14(7-5-13)18(21)15-8-10-20-11-9-15;/h1-7,12,15,20H,8-11H2;1H. The van der Waals surface area contributed by atoms with Gasteiger partial charge >= 0.3 is 0 Å². The Labute approximate surface area is 142 Å². The first kappa shape index (κ1) is 17.0. The van der Waals surface area contributed by atoms with E-state index in [-0.39, 0.29) is 24.1 Å². The molecular weight excluding hydrogens is 317 g/mol. The van der Waals surface area contributed by atoms with E-state index in [1.54, 1.807) is 0 Å². The molecule has 0 spiro atoms. The van der Waals surface area contributed by atoms with Gasteiger partial charge in [0.15, 0.2) is 5.78 Å². The smallest absolute Gasteiger partial charge is 0.166 e. The first-order valence-corrected chi connectivity index (χ1v) is 7.73. The number of hydrogen-bond donors (Lipinski definition) is 1. The highest BCUT2D eigenvalue weighted by Gasteiger charge is 2.21. The Morgan fingerprint density at radius 3 is 2.32 bits per heavy atom. The van der Waals surface area contributed by atoms with Gasteiger partial charge < -0.3 is 5.32 Å². The maximum Gasteiger partial charge on any atom is 0.166 e. The van der Waals surface area contributed by atoms with Crippen molar-refractivity contribution in [3.8, 4) is 11.1 Å². The lowest BCUT2D eigenvalue weighted by atomic mass is 9.89. The Balaban J connectivity index is 0.00000176. The molecule has 1 N–H and O–H groups in total. The van der Waals surface area contributed by atoms with Crippen molar-refractivity contribution < 1.29 is 4.79 Å². The molecular formula is C18H19Cl2NO. The molecule has 2 nitrogen and oxygen atoms in total. The highest BCUT2D eigenvalue weighted by molar-refractivity contribution is 6.30. The summed E-state index contributed by atoms with van der Waals surface area (Å²) in [6.07, 6.45) is 1.88. The van der Waals surface area contributed by atoms with Gasteiger partial charge in [-0.05, 0) is 49.2 Å². The summed E-state index contributed by atoms with van der Waals surface area (Å²) in [7, 11) is 0. The fourth-order valence-corrected chi connectivity index (χ4v) is 3.01. The molecule has 0 aromatic heterocycles. The van der Waals surface area contributed by atoms with Gasteiger partial charge in [-0.25, -0.2) is 0 Å². The minimum Gasteiger partial charge on any atom is -0.317 e. The zero-order valence-corrected chi connectivity index (χ0v) is 13.8. The summed E-state index contributed by atoms with van der Waals surface area (Å²) in [5.74, 6) is 0.442. The number of carbonyl (C=O) groups excluding carboxylic acids is 1. The van der Waals surface area contributed by atoms with E-state index in [1.807, 2.05) is 48.5 Å². The first-order chi connectivity index (χ1) is 10.2. The second-order valence-corrected chi connectivity index (χ2v) is 5.91. The molecule has 1 saturated heterocycles. The number of carbonyl (C=O) groups is 1. The van der Waals surface area contributed by atoms with Crippen LogP contribution in [0.1, 0.15) is 23.2 Å². The molecule has 1 fully saturated rings. The summed E-state index contributed by atoms with van der Waals surface area (Å²) < 4.78 is 0. The van der Waals surface area contributed by atoms with Crippen molar-refractivity contribution in [1.29, 1.82) is 0 Å². The number of halogens is 2. The molecule has 1 heterocycles. The van der Waals surface area contributed by atoms with Crippen molar-refractivity contribution in [1.82, 2.24) is 5.32 Å². The van der Waals surface area contributed by atoms with Crippen LogP contribution in [0.3, 0.4) is 0 Å². The molecule has 0 aliphatic carbocycles. The lowest BCUT2D eigenvalue weighted by Crippen LogP contribution is -2.31. The molecule has 0 unspecified atom stereocenters. The van der Waals surface area contributed by atoms with Crippen LogP contribution >= 0.6 is 24.0 Å². The summed E-state index contributed by atoms with van der Waals surface area (Å²) in [6.45, 7) is 1.88. The summed E-state index contributed by atoms with van der Waals surface area (Å²) in [5, 5.41) is 4.02. The molecule has 22 heavy (non-hydrogen) atoms. The second-order valence-electron chi connectivity index (χ2n) is 5.48. The molecule has 0 bridgehead atoms. The lowest BCUT2D eigenvalue weighted by molar-refractivity contribution is 0.0895. The topological polar surface area (TPSA) is 29.1 Å². The fraction of sp³-hybridized carbons (Fsp3) is 0.278. The van der Waals surface area contributed by atoms with Crippen molar-refractivity contribution in [2.75, 3.05) is 13.1 Å². The predicted molar refractivity (Wildman–Crippen MR) is 94.1 cm³/mol. The molecule has 3 rings (SSSR count). The summed E-state index contributed by atoms with van der Waals surface area (Å²) >= 11 is 6.02. The van der Waals surface area contributed by atoms with Gasteiger partial charge in [-0.15, -0.1) is 12.4 Å². The van der Waals surface area contributed by atoms with Crippen LogP contribution in [0, 0.1) is 5.92 Å². The maximum absolute atomic E-state index is 12.5. The average Bonchev–Trinajstić information content (AvgIpc) is 2.55. The number of hydrogen-bond acceptors (Lipinski definition) is 2. The van der Waals surface area contributed by atoms with E-state index in [9.17, 15) is 4.79 Å². The highest BCUT2D eigenvalue weighted by atomic mass is 35.5. The predicted octanol–water partition coefficient (Wildman–Crippen LogP) is 4.61. The second kappa shape index (κ2) is 7.77. The van der Waals surface area contributed by atoms with E-state index < -0.39 is 0 Å². The van der Waals surface area contributed by atoms with Gasteiger partial charge in [-0.1, -0.05) is 48.0 Å². The number of nitrogens with one attached hydrogen (secondary N) is 1. The summed E-state index contributed by atoms with van der Waals surface area (Å²) in [5.41, 5.74) is 2.97. The lowest BCUT2D eigenvalue weighted by Gasteiger charge is -2.21. The van der Waals surface area contributed by atoms with Gasteiger partial charge in [0.05, 0.1) is 0 Å². The summed E-state index contributed by atoms with van der Waals surface area (Å²) in [6, 6.07) is 15.6. The molecule has 1 aliphatic rings. The largest absolute Gasteiger partial charge is 0.317 e. The van der Waals surface area contributed by atoms with Crippen LogP contribution in [0.15, 0.2) is 48.5 Å². The van der Waals surface area contributed by atoms with Crippen LogP contribution in [0.4, 0.5) is 0 Å². The SMILES string of the molecule is Cl.O=C(c1ccc(-c2cccc(Cl)c2)cc1)C1CCNCC1. The third-order valence-electron chi connectivity index (χ3n) is 4.04. The van der Waals surface area contributed by atoms with Gasteiger partial charge in [-0.2, -0.15) is 0 Å². The first-order valence-electron chi connectivity index (χ1n) is 7.35.